The molecule has 0 amide bonds. The number of nitrogens with zero attached hydrogens (tertiary/aromatic N) is 4. The van der Waals surface area contributed by atoms with Gasteiger partial charge in [-0.25, -0.2) is 4.79 Å². The fraction of sp³-hybridized carbons (Fsp3) is 0.600. The summed E-state index contributed by atoms with van der Waals surface area (Å²) in [6.45, 7) is 5.05. The van der Waals surface area contributed by atoms with Crippen molar-refractivity contribution in [3.8, 4) is 0 Å². The van der Waals surface area contributed by atoms with Crippen LogP contribution in [0.5, 0.6) is 0 Å². The molecule has 1 N–H and O–H groups in total. The third-order valence-electron chi connectivity index (χ3n) is 2.83. The maximum absolute atomic E-state index is 11.3. The van der Waals surface area contributed by atoms with Gasteiger partial charge >= 0.3 is 11.8 Å². The highest BCUT2D eigenvalue weighted by molar-refractivity contribution is 5.83. The Morgan fingerprint density at radius 2 is 2.22 bits per heavy atom. The Balaban J connectivity index is 3.38. The van der Waals surface area contributed by atoms with E-state index in [4.69, 9.17) is 0 Å². The number of likely N-dealkylation sites (N-methyl/N-ethyl adjacent to an activating group) is 1. The van der Waals surface area contributed by atoms with Crippen molar-refractivity contribution >= 4 is 17.6 Å². The number of nitro groups is 1. The second-order valence-corrected chi connectivity index (χ2v) is 4.37. The molecule has 0 saturated heterocycles. The molecule has 0 bridgehead atoms. The van der Waals surface area contributed by atoms with Crippen molar-refractivity contribution in [1.82, 2.24) is 9.55 Å². The topological polar surface area (TPSA) is 101 Å². The second-order valence-electron chi connectivity index (χ2n) is 4.37. The maximum Gasteiger partial charge on any atom is 0.406 e. The van der Waals surface area contributed by atoms with Crippen LogP contribution in [0.25, 0.3) is 0 Å². The molecule has 1 aromatic rings. The van der Waals surface area contributed by atoms with Crippen LogP contribution in [0.1, 0.15) is 20.8 Å². The summed E-state index contributed by atoms with van der Waals surface area (Å²) in [5.74, 6) is -1.21. The molecule has 1 rings (SSSR count). The number of aryl methyl sites for hydroxylation is 1. The predicted molar refractivity (Wildman–Crippen MR) is 64.6 cm³/mol. The molecule has 0 aliphatic carbocycles. The zero-order valence-corrected chi connectivity index (χ0v) is 10.7. The van der Waals surface area contributed by atoms with Crippen LogP contribution < -0.4 is 4.90 Å². The third-order valence-corrected chi connectivity index (χ3v) is 2.83. The Labute approximate surface area is 104 Å². The van der Waals surface area contributed by atoms with Crippen LogP contribution in [-0.4, -0.2) is 37.6 Å². The molecule has 0 saturated carbocycles. The van der Waals surface area contributed by atoms with Crippen LogP contribution in [0.2, 0.25) is 0 Å². The standard InChI is InChI=1S/C10H16N4O4/c1-5-13(10(2,3)9(15)16)8-7(14(17)18)11-6-12(8)4/h6H,5H2,1-4H3,(H,15,16). The van der Waals surface area contributed by atoms with Gasteiger partial charge in [0.1, 0.15) is 5.54 Å². The fourth-order valence-electron chi connectivity index (χ4n) is 1.78. The van der Waals surface area contributed by atoms with E-state index in [9.17, 15) is 20.0 Å². The lowest BCUT2D eigenvalue weighted by molar-refractivity contribution is -0.388. The Morgan fingerprint density at radius 1 is 1.67 bits per heavy atom. The van der Waals surface area contributed by atoms with Crippen molar-refractivity contribution in [2.24, 2.45) is 7.05 Å². The quantitative estimate of drug-likeness (QED) is 0.623. The molecule has 8 nitrogen and oxygen atoms in total. The lowest BCUT2D eigenvalue weighted by atomic mass is 10.0. The minimum absolute atomic E-state index is 0.190. The summed E-state index contributed by atoms with van der Waals surface area (Å²) < 4.78 is 1.45. The third kappa shape index (κ3) is 2.13. The van der Waals surface area contributed by atoms with E-state index < -0.39 is 16.4 Å². The summed E-state index contributed by atoms with van der Waals surface area (Å²) in [7, 11) is 1.59. The second kappa shape index (κ2) is 4.63. The van der Waals surface area contributed by atoms with E-state index in [-0.39, 0.29) is 11.6 Å². The predicted octanol–water partition coefficient (Wildman–Crippen LogP) is 1.02. The van der Waals surface area contributed by atoms with Crippen LogP contribution in [0, 0.1) is 10.1 Å². The summed E-state index contributed by atoms with van der Waals surface area (Å²) in [6, 6.07) is 0. The van der Waals surface area contributed by atoms with Crippen molar-refractivity contribution in [2.75, 3.05) is 11.4 Å². The van der Waals surface area contributed by atoms with Gasteiger partial charge in [0.15, 0.2) is 0 Å². The van der Waals surface area contributed by atoms with E-state index in [1.54, 1.807) is 14.0 Å². The summed E-state index contributed by atoms with van der Waals surface area (Å²) in [6.07, 6.45) is 1.30. The Morgan fingerprint density at radius 3 is 2.61 bits per heavy atom. The monoisotopic (exact) mass is 256 g/mol. The van der Waals surface area contributed by atoms with Gasteiger partial charge in [-0.3, -0.25) is 4.57 Å². The molecule has 0 aliphatic heterocycles. The van der Waals surface area contributed by atoms with Gasteiger partial charge in [0, 0.05) is 13.6 Å². The van der Waals surface area contributed by atoms with Gasteiger partial charge in [0.2, 0.25) is 12.1 Å². The highest BCUT2D eigenvalue weighted by Gasteiger charge is 2.39. The smallest absolute Gasteiger partial charge is 0.406 e. The number of hydrogen-bond acceptors (Lipinski definition) is 5. The molecule has 18 heavy (non-hydrogen) atoms. The molecule has 100 valence electrons. The van der Waals surface area contributed by atoms with Gasteiger partial charge < -0.3 is 20.1 Å². The zero-order valence-electron chi connectivity index (χ0n) is 10.7. The lowest BCUT2D eigenvalue weighted by Gasteiger charge is -2.34. The van der Waals surface area contributed by atoms with Gasteiger partial charge in [0.05, 0.1) is 0 Å². The average Bonchev–Trinajstić information content (AvgIpc) is 2.61. The molecule has 0 unspecified atom stereocenters. The van der Waals surface area contributed by atoms with Crippen LogP contribution in [0.3, 0.4) is 0 Å². The maximum atomic E-state index is 11.3. The largest absolute Gasteiger partial charge is 0.480 e. The number of carboxylic acids is 1. The summed E-state index contributed by atoms with van der Waals surface area (Å²) >= 11 is 0. The molecule has 1 heterocycles. The van der Waals surface area contributed by atoms with Crippen molar-refractivity contribution in [1.29, 1.82) is 0 Å². The van der Waals surface area contributed by atoms with E-state index >= 15 is 0 Å². The number of carbonyl (C=O) groups is 1. The first kappa shape index (κ1) is 13.9. The van der Waals surface area contributed by atoms with E-state index in [1.807, 2.05) is 0 Å². The number of aromatic nitrogens is 2. The van der Waals surface area contributed by atoms with E-state index in [0.29, 0.717) is 6.54 Å². The molecule has 0 spiro atoms. The number of aliphatic carboxylic acids is 1. The van der Waals surface area contributed by atoms with Gasteiger partial charge in [0.25, 0.3) is 0 Å². The van der Waals surface area contributed by atoms with Crippen LogP contribution in [0.4, 0.5) is 11.6 Å². The van der Waals surface area contributed by atoms with Crippen molar-refractivity contribution < 1.29 is 14.8 Å². The number of hydrogen-bond donors (Lipinski definition) is 1. The highest BCUT2D eigenvalue weighted by atomic mass is 16.6. The van der Waals surface area contributed by atoms with E-state index in [0.717, 1.165) is 0 Å². The van der Waals surface area contributed by atoms with Gasteiger partial charge in [-0.15, -0.1) is 0 Å². The van der Waals surface area contributed by atoms with Gasteiger partial charge in [-0.2, -0.15) is 0 Å². The molecule has 0 atom stereocenters. The molecule has 8 heteroatoms. The van der Waals surface area contributed by atoms with Crippen molar-refractivity contribution in [3.05, 3.63) is 16.4 Å². The zero-order chi connectivity index (χ0) is 14.1. The first-order valence-electron chi connectivity index (χ1n) is 5.40. The number of rotatable bonds is 5. The Kier molecular flexibility index (Phi) is 3.59. The Hall–Kier alpha value is -2.12. The number of carboxylic acid groups (broad SMARTS) is 1. The highest BCUT2D eigenvalue weighted by Crippen LogP contribution is 2.31. The van der Waals surface area contributed by atoms with Crippen LogP contribution in [-0.2, 0) is 11.8 Å². The van der Waals surface area contributed by atoms with Crippen molar-refractivity contribution in [3.63, 3.8) is 0 Å². The molecule has 0 aromatic carbocycles. The Bertz CT molecular complexity index is 480. The van der Waals surface area contributed by atoms with E-state index in [1.165, 1.54) is 29.6 Å². The normalized spacial score (nSPS) is 11.3. The molecule has 0 aliphatic rings. The van der Waals surface area contributed by atoms with Gasteiger partial charge in [-0.05, 0) is 30.7 Å². The minimum atomic E-state index is -1.26. The molecular formula is C10H16N4O4. The van der Waals surface area contributed by atoms with Crippen LogP contribution >= 0.6 is 0 Å². The summed E-state index contributed by atoms with van der Waals surface area (Å²) in [5.41, 5.74) is -1.26. The average molecular weight is 256 g/mol. The van der Waals surface area contributed by atoms with E-state index in [2.05, 4.69) is 4.98 Å². The SMILES string of the molecule is CCN(c1c([N+](=O)[O-])ncn1C)C(C)(C)C(=O)O. The summed E-state index contributed by atoms with van der Waals surface area (Å²) in [5, 5.41) is 20.1. The molecule has 0 radical (unpaired) electrons. The number of anilines is 1. The fourth-order valence-corrected chi connectivity index (χ4v) is 1.78. The number of imidazole rings is 1. The van der Waals surface area contributed by atoms with Crippen molar-refractivity contribution in [2.45, 2.75) is 26.3 Å². The molecule has 0 fully saturated rings. The minimum Gasteiger partial charge on any atom is -0.480 e. The first-order chi connectivity index (χ1) is 8.23. The summed E-state index contributed by atoms with van der Waals surface area (Å²) in [4.78, 5) is 26.7. The van der Waals surface area contributed by atoms with Crippen LogP contribution in [0.15, 0.2) is 6.33 Å². The van der Waals surface area contributed by atoms with Gasteiger partial charge in [-0.1, -0.05) is 0 Å². The molecule has 1 aromatic heterocycles. The lowest BCUT2D eigenvalue weighted by Crippen LogP contribution is -2.51. The first-order valence-corrected chi connectivity index (χ1v) is 5.40. The molecular weight excluding hydrogens is 240 g/mol.